The van der Waals surface area contributed by atoms with Crippen LogP contribution in [0.25, 0.3) is 16.6 Å². The summed E-state index contributed by atoms with van der Waals surface area (Å²) in [5.74, 6) is 2.11. The lowest BCUT2D eigenvalue weighted by molar-refractivity contribution is 0.415. The molecule has 2 atom stereocenters. The van der Waals surface area contributed by atoms with Gasteiger partial charge < -0.3 is 20.3 Å². The number of piperazine rings is 1. The van der Waals surface area contributed by atoms with Crippen molar-refractivity contribution in [1.82, 2.24) is 30.0 Å². The summed E-state index contributed by atoms with van der Waals surface area (Å²) in [6.07, 6.45) is 9.94. The third-order valence-electron chi connectivity index (χ3n) is 6.04. The zero-order valence-electron chi connectivity index (χ0n) is 17.1. The zero-order valence-corrected chi connectivity index (χ0v) is 17.1. The van der Waals surface area contributed by atoms with Gasteiger partial charge in [0.1, 0.15) is 11.6 Å². The Balaban J connectivity index is 1.44. The van der Waals surface area contributed by atoms with E-state index < -0.39 is 0 Å². The smallest absolute Gasteiger partial charge is 0.162 e. The molecule has 2 saturated heterocycles. The lowest BCUT2D eigenvalue weighted by Gasteiger charge is -2.29. The molecule has 0 aliphatic carbocycles. The number of hydrogen-bond donors (Lipinski definition) is 2. The maximum atomic E-state index is 5.46. The minimum atomic E-state index is 0.533. The van der Waals surface area contributed by atoms with Gasteiger partial charge in [0.15, 0.2) is 5.82 Å². The Morgan fingerprint density at radius 2 is 2.03 bits per heavy atom. The van der Waals surface area contributed by atoms with Crippen LogP contribution in [0.3, 0.4) is 0 Å². The molecule has 9 heteroatoms. The van der Waals surface area contributed by atoms with E-state index in [1.807, 2.05) is 35.3 Å². The van der Waals surface area contributed by atoms with Crippen molar-refractivity contribution >= 4 is 28.2 Å². The number of pyridine rings is 1. The molecule has 2 aliphatic rings. The Kier molecular flexibility index (Phi) is 4.20. The molecule has 4 aromatic rings. The van der Waals surface area contributed by atoms with Crippen molar-refractivity contribution in [2.24, 2.45) is 0 Å². The number of ether oxygens (including phenoxy) is 1. The van der Waals surface area contributed by atoms with Gasteiger partial charge in [0, 0.05) is 49.0 Å². The molecule has 2 aliphatic heterocycles. The summed E-state index contributed by atoms with van der Waals surface area (Å²) < 4.78 is 7.37. The third-order valence-corrected chi connectivity index (χ3v) is 6.04. The highest BCUT2D eigenvalue weighted by atomic mass is 16.5. The number of fused-ring (bicyclic) bond motifs is 3. The first-order chi connectivity index (χ1) is 15.3. The van der Waals surface area contributed by atoms with Crippen LogP contribution in [-0.4, -0.2) is 57.0 Å². The lowest BCUT2D eigenvalue weighted by Crippen LogP contribution is -2.43. The van der Waals surface area contributed by atoms with E-state index in [2.05, 4.69) is 36.6 Å². The first-order valence-electron chi connectivity index (χ1n) is 10.3. The fourth-order valence-electron chi connectivity index (χ4n) is 4.56. The number of rotatable bonds is 5. The average Bonchev–Trinajstić information content (AvgIpc) is 3.54. The largest absolute Gasteiger partial charge is 0.497 e. The van der Waals surface area contributed by atoms with Gasteiger partial charge >= 0.3 is 0 Å². The van der Waals surface area contributed by atoms with Gasteiger partial charge in [-0.1, -0.05) is 0 Å². The van der Waals surface area contributed by atoms with E-state index in [1.54, 1.807) is 25.7 Å². The summed E-state index contributed by atoms with van der Waals surface area (Å²) in [4.78, 5) is 15.4. The SMILES string of the molecule is COc1ccc2c(Nc3cnccn3)nn(-c3cncc(N4C[C@@H]5C[C@H]4CN5)c3)c2c1. The fraction of sp³-hybridized carbons (Fsp3) is 0.273. The molecule has 2 bridgehead atoms. The van der Waals surface area contributed by atoms with Crippen LogP contribution in [0.2, 0.25) is 0 Å². The van der Waals surface area contributed by atoms with Crippen molar-refractivity contribution in [1.29, 1.82) is 0 Å². The van der Waals surface area contributed by atoms with E-state index in [-0.39, 0.29) is 0 Å². The van der Waals surface area contributed by atoms with Crippen LogP contribution in [0.1, 0.15) is 6.42 Å². The molecular formula is C22H22N8O. The molecule has 2 fully saturated rings. The van der Waals surface area contributed by atoms with Gasteiger partial charge in [-0.05, 0) is 24.6 Å². The number of nitrogens with one attached hydrogen (secondary N) is 2. The van der Waals surface area contributed by atoms with Crippen LogP contribution < -0.4 is 20.3 Å². The molecule has 0 amide bonds. The Bertz CT molecular complexity index is 1240. The number of aromatic nitrogens is 5. The Morgan fingerprint density at radius 1 is 1.10 bits per heavy atom. The van der Waals surface area contributed by atoms with Crippen LogP contribution in [-0.2, 0) is 0 Å². The van der Waals surface area contributed by atoms with E-state index in [9.17, 15) is 0 Å². The van der Waals surface area contributed by atoms with Gasteiger partial charge in [0.2, 0.25) is 0 Å². The van der Waals surface area contributed by atoms with E-state index in [0.717, 1.165) is 41.1 Å². The van der Waals surface area contributed by atoms with E-state index in [4.69, 9.17) is 9.84 Å². The molecule has 6 rings (SSSR count). The highest BCUT2D eigenvalue weighted by Crippen LogP contribution is 2.33. The molecule has 31 heavy (non-hydrogen) atoms. The quantitative estimate of drug-likeness (QED) is 0.515. The van der Waals surface area contributed by atoms with Crippen LogP contribution >= 0.6 is 0 Å². The summed E-state index contributed by atoms with van der Waals surface area (Å²) in [5, 5.41) is 12.7. The van der Waals surface area contributed by atoms with Crippen molar-refractivity contribution in [2.75, 3.05) is 30.4 Å². The second kappa shape index (κ2) is 7.21. The topological polar surface area (TPSA) is 93.0 Å². The Labute approximate surface area is 179 Å². The van der Waals surface area contributed by atoms with Crippen LogP contribution in [0.15, 0.2) is 55.2 Å². The van der Waals surface area contributed by atoms with Crippen molar-refractivity contribution in [3.05, 3.63) is 55.2 Å². The Morgan fingerprint density at radius 3 is 2.81 bits per heavy atom. The number of methoxy groups -OCH3 is 1. The van der Waals surface area contributed by atoms with Gasteiger partial charge in [-0.15, -0.1) is 5.10 Å². The number of benzene rings is 1. The molecule has 0 unspecified atom stereocenters. The molecule has 0 spiro atoms. The molecular weight excluding hydrogens is 392 g/mol. The van der Waals surface area contributed by atoms with Gasteiger partial charge in [0.25, 0.3) is 0 Å². The first kappa shape index (κ1) is 18.1. The minimum Gasteiger partial charge on any atom is -0.497 e. The summed E-state index contributed by atoms with van der Waals surface area (Å²) >= 11 is 0. The van der Waals surface area contributed by atoms with Crippen molar-refractivity contribution in [2.45, 2.75) is 18.5 Å². The maximum Gasteiger partial charge on any atom is 0.162 e. The van der Waals surface area contributed by atoms with E-state index >= 15 is 0 Å². The molecule has 9 nitrogen and oxygen atoms in total. The van der Waals surface area contributed by atoms with Crippen LogP contribution in [0, 0.1) is 0 Å². The highest BCUT2D eigenvalue weighted by Gasteiger charge is 2.37. The second-order valence-electron chi connectivity index (χ2n) is 7.91. The van der Waals surface area contributed by atoms with Crippen molar-refractivity contribution < 1.29 is 4.74 Å². The number of hydrogen-bond acceptors (Lipinski definition) is 8. The van der Waals surface area contributed by atoms with E-state index in [0.29, 0.717) is 23.7 Å². The minimum absolute atomic E-state index is 0.533. The van der Waals surface area contributed by atoms with Crippen LogP contribution in [0.5, 0.6) is 5.75 Å². The molecule has 3 aromatic heterocycles. The predicted molar refractivity (Wildman–Crippen MR) is 118 cm³/mol. The number of anilines is 3. The number of nitrogens with zero attached hydrogens (tertiary/aromatic N) is 6. The van der Waals surface area contributed by atoms with Gasteiger partial charge in [-0.3, -0.25) is 9.97 Å². The summed E-state index contributed by atoms with van der Waals surface area (Å²) in [7, 11) is 1.67. The average molecular weight is 414 g/mol. The molecule has 5 heterocycles. The van der Waals surface area contributed by atoms with Crippen molar-refractivity contribution in [3.63, 3.8) is 0 Å². The van der Waals surface area contributed by atoms with Gasteiger partial charge in [-0.2, -0.15) is 0 Å². The summed E-state index contributed by atoms with van der Waals surface area (Å²) in [6.45, 7) is 2.05. The predicted octanol–water partition coefficient (Wildman–Crippen LogP) is 2.51. The van der Waals surface area contributed by atoms with E-state index in [1.165, 1.54) is 6.42 Å². The zero-order chi connectivity index (χ0) is 20.8. The van der Waals surface area contributed by atoms with Gasteiger partial charge in [-0.25, -0.2) is 9.67 Å². The highest BCUT2D eigenvalue weighted by molar-refractivity contribution is 5.93. The molecule has 0 saturated carbocycles. The summed E-state index contributed by atoms with van der Waals surface area (Å²) in [6, 6.07) is 9.18. The standard InChI is InChI=1S/C22H22N8O/c1-31-18-2-3-19-20(8-18)30(28-22(19)27-21-12-23-4-5-25-21)17-7-16(9-24-10-17)29-13-14-6-15(29)11-26-14/h2-5,7-10,12,14-15,26H,6,11,13H2,1H3,(H,25,27,28)/t14-,15-/m0/s1. The Hall–Kier alpha value is -3.72. The first-order valence-corrected chi connectivity index (χ1v) is 10.3. The second-order valence-corrected chi connectivity index (χ2v) is 7.91. The van der Waals surface area contributed by atoms with Crippen LogP contribution in [0.4, 0.5) is 17.3 Å². The fourth-order valence-corrected chi connectivity index (χ4v) is 4.56. The van der Waals surface area contributed by atoms with Gasteiger partial charge in [0.05, 0.1) is 42.6 Å². The third kappa shape index (κ3) is 3.14. The van der Waals surface area contributed by atoms with Crippen molar-refractivity contribution in [3.8, 4) is 11.4 Å². The normalized spacial score (nSPS) is 19.8. The lowest BCUT2D eigenvalue weighted by atomic mass is 10.2. The monoisotopic (exact) mass is 414 g/mol. The molecule has 156 valence electrons. The molecule has 1 aromatic carbocycles. The maximum absolute atomic E-state index is 5.46. The summed E-state index contributed by atoms with van der Waals surface area (Å²) in [5.41, 5.74) is 2.95. The molecule has 0 radical (unpaired) electrons. The molecule has 2 N–H and O–H groups in total.